The third-order valence-electron chi connectivity index (χ3n) is 7.81. The number of alkyl halides is 1. The van der Waals surface area contributed by atoms with Crippen molar-refractivity contribution in [2.24, 2.45) is 0 Å². The lowest BCUT2D eigenvalue weighted by Gasteiger charge is -2.24. The average molecular weight is 596 g/mol. The minimum atomic E-state index is -1.42. The fourth-order valence-electron chi connectivity index (χ4n) is 5.90. The molecule has 1 aliphatic heterocycles. The Morgan fingerprint density at radius 2 is 1.68 bits per heavy atom. The summed E-state index contributed by atoms with van der Waals surface area (Å²) in [5, 5.41) is 17.0. The van der Waals surface area contributed by atoms with Crippen molar-refractivity contribution in [2.75, 3.05) is 18.5 Å². The Morgan fingerprint density at radius 3 is 2.32 bits per heavy atom. The number of fused-ring (bicyclic) bond motifs is 4. The predicted molar refractivity (Wildman–Crippen MR) is 160 cm³/mol. The highest BCUT2D eigenvalue weighted by atomic mass is 19.1. The highest BCUT2D eigenvalue weighted by Crippen LogP contribution is 2.44. The zero-order valence-corrected chi connectivity index (χ0v) is 24.4. The van der Waals surface area contributed by atoms with Crippen LogP contribution in [0.4, 0.5) is 19.7 Å². The smallest absolute Gasteiger partial charge is 0.435 e. The van der Waals surface area contributed by atoms with Crippen LogP contribution in [-0.4, -0.2) is 63.7 Å². The largest absolute Gasteiger partial charge is 0.448 e. The second kappa shape index (κ2) is 11.1. The standard InChI is InChI=1S/C33H30FN5O5/c1-33(2,3)44-32(42)39-28-13-12-27(24(15-35)25(28)16-36-39)37-30(40)29-14-19(34)17-38(29)31(41)43-18-26-22-10-6-4-8-20(22)21-9-5-7-11-23(21)26/h4-13,16,19,26,29H,14,17-18H2,1-3H3,(H,37,40)/t19-,29-/m1/s1. The number of likely N-dealkylation sites (tertiary alicyclic amines) is 1. The number of halogens is 1. The maximum Gasteiger partial charge on any atom is 0.435 e. The van der Waals surface area contributed by atoms with Crippen LogP contribution < -0.4 is 5.32 Å². The molecular formula is C33H30FN5O5. The van der Waals surface area contributed by atoms with Gasteiger partial charge >= 0.3 is 12.2 Å². The molecule has 2 atom stereocenters. The molecular weight excluding hydrogens is 565 g/mol. The van der Waals surface area contributed by atoms with E-state index in [9.17, 15) is 24.0 Å². The lowest BCUT2D eigenvalue weighted by molar-refractivity contribution is -0.120. The number of hydrogen-bond acceptors (Lipinski definition) is 7. The van der Waals surface area contributed by atoms with Crippen LogP contribution in [0.3, 0.4) is 0 Å². The molecule has 1 saturated heterocycles. The molecule has 0 saturated carbocycles. The maximum absolute atomic E-state index is 14.6. The maximum atomic E-state index is 14.6. The number of carbonyl (C=O) groups excluding carboxylic acids is 3. The van der Waals surface area contributed by atoms with Crippen molar-refractivity contribution in [3.05, 3.63) is 83.6 Å². The number of nitrogens with one attached hydrogen (secondary N) is 1. The van der Waals surface area contributed by atoms with E-state index in [0.29, 0.717) is 10.9 Å². The first kappa shape index (κ1) is 28.9. The Hall–Kier alpha value is -5.24. The molecule has 1 fully saturated rings. The molecule has 2 aliphatic rings. The molecule has 1 aliphatic carbocycles. The summed E-state index contributed by atoms with van der Waals surface area (Å²) < 4.78 is 26.7. The van der Waals surface area contributed by atoms with E-state index < -0.39 is 35.9 Å². The van der Waals surface area contributed by atoms with Gasteiger partial charge in [0.25, 0.3) is 0 Å². The van der Waals surface area contributed by atoms with Gasteiger partial charge in [-0.25, -0.2) is 14.0 Å². The summed E-state index contributed by atoms with van der Waals surface area (Å²) in [4.78, 5) is 40.4. The summed E-state index contributed by atoms with van der Waals surface area (Å²) >= 11 is 0. The Balaban J connectivity index is 1.18. The molecule has 44 heavy (non-hydrogen) atoms. The number of nitriles is 1. The number of rotatable bonds is 4. The van der Waals surface area contributed by atoms with Gasteiger partial charge in [-0.3, -0.25) is 9.69 Å². The molecule has 11 heteroatoms. The third-order valence-corrected chi connectivity index (χ3v) is 7.81. The van der Waals surface area contributed by atoms with Gasteiger partial charge in [-0.05, 0) is 55.2 Å². The van der Waals surface area contributed by atoms with Gasteiger partial charge in [-0.2, -0.15) is 15.0 Å². The van der Waals surface area contributed by atoms with E-state index in [1.165, 1.54) is 18.3 Å². The van der Waals surface area contributed by atoms with Crippen molar-refractivity contribution in [2.45, 2.75) is 50.9 Å². The number of ether oxygens (including phenoxy) is 2. The monoisotopic (exact) mass is 595 g/mol. The van der Waals surface area contributed by atoms with Crippen molar-refractivity contribution in [1.82, 2.24) is 14.7 Å². The van der Waals surface area contributed by atoms with Crippen LogP contribution in [0.2, 0.25) is 0 Å². The number of hydrogen-bond donors (Lipinski definition) is 1. The summed E-state index contributed by atoms with van der Waals surface area (Å²) in [6, 6.07) is 19.7. The first-order chi connectivity index (χ1) is 21.1. The minimum absolute atomic E-state index is 0.0333. The molecule has 0 bridgehead atoms. The van der Waals surface area contributed by atoms with Crippen LogP contribution in [-0.2, 0) is 14.3 Å². The van der Waals surface area contributed by atoms with Gasteiger partial charge in [0.15, 0.2) is 0 Å². The van der Waals surface area contributed by atoms with Gasteiger partial charge in [-0.15, -0.1) is 0 Å². The number of carbonyl (C=O) groups is 3. The van der Waals surface area contributed by atoms with Gasteiger partial charge in [0.05, 0.1) is 29.5 Å². The Morgan fingerprint density at radius 1 is 1.02 bits per heavy atom. The number of amides is 2. The molecule has 1 N–H and O–H groups in total. The quantitative estimate of drug-likeness (QED) is 0.307. The lowest BCUT2D eigenvalue weighted by atomic mass is 9.98. The van der Waals surface area contributed by atoms with Gasteiger partial charge in [0, 0.05) is 17.7 Å². The minimum Gasteiger partial charge on any atom is -0.448 e. The van der Waals surface area contributed by atoms with Crippen molar-refractivity contribution < 1.29 is 28.2 Å². The molecule has 6 rings (SSSR count). The van der Waals surface area contributed by atoms with Gasteiger partial charge in [0.1, 0.15) is 30.5 Å². The third kappa shape index (κ3) is 5.24. The second-order valence-electron chi connectivity index (χ2n) is 11.9. The van der Waals surface area contributed by atoms with Gasteiger partial charge < -0.3 is 14.8 Å². The Kier molecular flexibility index (Phi) is 7.29. The topological polar surface area (TPSA) is 127 Å². The summed E-state index contributed by atoms with van der Waals surface area (Å²) in [6.45, 7) is 4.92. The van der Waals surface area contributed by atoms with Crippen LogP contribution in [0.25, 0.3) is 22.0 Å². The average Bonchev–Trinajstić information content (AvgIpc) is 3.69. The number of aromatic nitrogens is 2. The lowest BCUT2D eigenvalue weighted by Crippen LogP contribution is -2.43. The van der Waals surface area contributed by atoms with Crippen LogP contribution >= 0.6 is 0 Å². The van der Waals surface area contributed by atoms with E-state index in [2.05, 4.69) is 10.4 Å². The Labute approximate surface area is 253 Å². The van der Waals surface area contributed by atoms with E-state index >= 15 is 0 Å². The summed E-state index contributed by atoms with van der Waals surface area (Å²) in [6.07, 6.45) is -1.80. The van der Waals surface area contributed by atoms with E-state index in [1.54, 1.807) is 20.8 Å². The van der Waals surface area contributed by atoms with Crippen LogP contribution in [0, 0.1) is 11.3 Å². The van der Waals surface area contributed by atoms with Crippen molar-refractivity contribution in [1.29, 1.82) is 5.26 Å². The fraction of sp³-hybridized carbons (Fsp3) is 0.303. The van der Waals surface area contributed by atoms with Crippen molar-refractivity contribution in [3.63, 3.8) is 0 Å². The SMILES string of the molecule is CC(C)(C)OC(=O)n1ncc2c(C#N)c(NC(=O)[C@H]3C[C@@H](F)CN3C(=O)OCC3c4ccccc4-c4ccccc43)ccc21. The van der Waals surface area contributed by atoms with E-state index in [0.717, 1.165) is 31.8 Å². The summed E-state index contributed by atoms with van der Waals surface area (Å²) in [5.41, 5.74) is 4.00. The molecule has 0 radical (unpaired) electrons. The first-order valence-electron chi connectivity index (χ1n) is 14.3. The summed E-state index contributed by atoms with van der Waals surface area (Å²) in [7, 11) is 0. The van der Waals surface area contributed by atoms with Crippen LogP contribution in [0.1, 0.15) is 49.8 Å². The zero-order chi connectivity index (χ0) is 31.2. The normalized spacial score (nSPS) is 17.6. The number of nitrogens with zero attached hydrogens (tertiary/aromatic N) is 4. The molecule has 10 nitrogen and oxygen atoms in total. The van der Waals surface area contributed by atoms with E-state index in [1.807, 2.05) is 54.6 Å². The molecule has 0 spiro atoms. The molecule has 0 unspecified atom stereocenters. The number of benzene rings is 3. The number of anilines is 1. The van der Waals surface area contributed by atoms with E-state index in [4.69, 9.17) is 9.47 Å². The molecule has 2 heterocycles. The molecule has 224 valence electrons. The molecule has 4 aromatic rings. The van der Waals surface area contributed by atoms with Gasteiger partial charge in [-0.1, -0.05) is 48.5 Å². The molecule has 1 aromatic heterocycles. The summed E-state index contributed by atoms with van der Waals surface area (Å²) in [5.74, 6) is -0.844. The highest BCUT2D eigenvalue weighted by molar-refractivity contribution is 6.02. The highest BCUT2D eigenvalue weighted by Gasteiger charge is 2.41. The fourth-order valence-corrected chi connectivity index (χ4v) is 5.90. The Bertz CT molecular complexity index is 1790. The predicted octanol–water partition coefficient (Wildman–Crippen LogP) is 5.99. The molecule has 3 aromatic carbocycles. The van der Waals surface area contributed by atoms with Crippen LogP contribution in [0.5, 0.6) is 0 Å². The van der Waals surface area contributed by atoms with Crippen LogP contribution in [0.15, 0.2) is 66.9 Å². The second-order valence-corrected chi connectivity index (χ2v) is 11.9. The van der Waals surface area contributed by atoms with E-state index in [-0.39, 0.29) is 36.7 Å². The van der Waals surface area contributed by atoms with Crippen molar-refractivity contribution >= 4 is 34.7 Å². The van der Waals surface area contributed by atoms with Crippen molar-refractivity contribution in [3.8, 4) is 17.2 Å². The zero-order valence-electron chi connectivity index (χ0n) is 24.4. The molecule has 2 amide bonds. The van der Waals surface area contributed by atoms with Gasteiger partial charge in [0.2, 0.25) is 5.91 Å². The first-order valence-corrected chi connectivity index (χ1v) is 14.3.